The molecular weight excluding hydrogens is 344 g/mol. The van der Waals surface area contributed by atoms with Gasteiger partial charge >= 0.3 is 0 Å². The van der Waals surface area contributed by atoms with Crippen molar-refractivity contribution in [3.8, 4) is 0 Å². The Morgan fingerprint density at radius 1 is 1.19 bits per heavy atom. The quantitative estimate of drug-likeness (QED) is 0.590. The molecule has 0 radical (unpaired) electrons. The normalized spacial score (nSPS) is 10.9. The van der Waals surface area contributed by atoms with E-state index in [1.54, 1.807) is 18.0 Å². The highest BCUT2D eigenvalue weighted by molar-refractivity contribution is 5.94. The standard InChI is InChI=1S/C19H24N6O2/c1-13-4-5-15(10-14(13)2)19(26)21-6-8-25-18-16(11-24-25)17(22-12-23-18)20-7-9-27-3/h4-5,10-12H,6-9H2,1-3H3,(H,21,26)(H,20,22,23). The lowest BCUT2D eigenvalue weighted by Gasteiger charge is -2.08. The largest absolute Gasteiger partial charge is 0.383 e. The maximum absolute atomic E-state index is 12.3. The van der Waals surface area contributed by atoms with Crippen LogP contribution in [0.15, 0.2) is 30.7 Å². The number of hydrogen-bond donors (Lipinski definition) is 2. The maximum Gasteiger partial charge on any atom is 0.251 e. The van der Waals surface area contributed by atoms with Gasteiger partial charge in [-0.2, -0.15) is 5.10 Å². The van der Waals surface area contributed by atoms with Gasteiger partial charge in [0.2, 0.25) is 0 Å². The van der Waals surface area contributed by atoms with Gasteiger partial charge in [-0.3, -0.25) is 4.79 Å². The zero-order valence-electron chi connectivity index (χ0n) is 15.8. The molecule has 0 atom stereocenters. The number of carbonyl (C=O) groups is 1. The lowest BCUT2D eigenvalue weighted by atomic mass is 10.1. The van der Waals surface area contributed by atoms with Gasteiger partial charge in [-0.25, -0.2) is 14.6 Å². The fraction of sp³-hybridized carbons (Fsp3) is 0.368. The van der Waals surface area contributed by atoms with Crippen LogP contribution in [0, 0.1) is 13.8 Å². The SMILES string of the molecule is COCCNc1ncnc2c1cnn2CCNC(=O)c1ccc(C)c(C)c1. The maximum atomic E-state index is 12.3. The number of benzene rings is 1. The molecule has 0 spiro atoms. The molecule has 8 heteroatoms. The van der Waals surface area contributed by atoms with Gasteiger partial charge in [-0.15, -0.1) is 0 Å². The number of nitrogens with zero attached hydrogens (tertiary/aromatic N) is 4. The van der Waals surface area contributed by atoms with E-state index in [9.17, 15) is 4.79 Å². The van der Waals surface area contributed by atoms with E-state index in [1.807, 2.05) is 32.0 Å². The summed E-state index contributed by atoms with van der Waals surface area (Å²) in [5.41, 5.74) is 3.66. The van der Waals surface area contributed by atoms with Crippen LogP contribution in [0.2, 0.25) is 0 Å². The van der Waals surface area contributed by atoms with Crippen LogP contribution in [-0.4, -0.2) is 52.5 Å². The molecule has 2 N–H and O–H groups in total. The summed E-state index contributed by atoms with van der Waals surface area (Å²) in [7, 11) is 1.65. The second kappa shape index (κ2) is 8.59. The summed E-state index contributed by atoms with van der Waals surface area (Å²) in [5.74, 6) is 0.633. The first-order valence-corrected chi connectivity index (χ1v) is 8.85. The van der Waals surface area contributed by atoms with Crippen LogP contribution in [0.1, 0.15) is 21.5 Å². The number of aromatic nitrogens is 4. The summed E-state index contributed by atoms with van der Waals surface area (Å²) >= 11 is 0. The van der Waals surface area contributed by atoms with Crippen molar-refractivity contribution in [3.05, 3.63) is 47.4 Å². The molecule has 142 valence electrons. The minimum Gasteiger partial charge on any atom is -0.383 e. The third kappa shape index (κ3) is 4.40. The first-order chi connectivity index (χ1) is 13.1. The van der Waals surface area contributed by atoms with Gasteiger partial charge in [0.15, 0.2) is 5.65 Å². The van der Waals surface area contributed by atoms with Crippen molar-refractivity contribution >= 4 is 22.8 Å². The van der Waals surface area contributed by atoms with Crippen LogP contribution in [0.3, 0.4) is 0 Å². The van der Waals surface area contributed by atoms with Crippen LogP contribution < -0.4 is 10.6 Å². The fourth-order valence-electron chi connectivity index (χ4n) is 2.73. The van der Waals surface area contributed by atoms with Crippen LogP contribution in [0.4, 0.5) is 5.82 Å². The Labute approximate surface area is 158 Å². The van der Waals surface area contributed by atoms with Crippen LogP contribution in [0.5, 0.6) is 0 Å². The van der Waals surface area contributed by atoms with E-state index in [4.69, 9.17) is 4.74 Å². The summed E-state index contributed by atoms with van der Waals surface area (Å²) in [4.78, 5) is 20.9. The number of amides is 1. The Balaban J connectivity index is 1.62. The smallest absolute Gasteiger partial charge is 0.251 e. The summed E-state index contributed by atoms with van der Waals surface area (Å²) < 4.78 is 6.80. The second-order valence-electron chi connectivity index (χ2n) is 6.30. The lowest BCUT2D eigenvalue weighted by molar-refractivity contribution is 0.0952. The molecule has 0 saturated carbocycles. The molecule has 1 amide bonds. The predicted molar refractivity (Wildman–Crippen MR) is 104 cm³/mol. The minimum absolute atomic E-state index is 0.0916. The first kappa shape index (κ1) is 18.8. The zero-order chi connectivity index (χ0) is 19.2. The first-order valence-electron chi connectivity index (χ1n) is 8.85. The number of methoxy groups -OCH3 is 1. The van der Waals surface area contributed by atoms with E-state index >= 15 is 0 Å². The molecule has 0 saturated heterocycles. The number of carbonyl (C=O) groups excluding carboxylic acids is 1. The number of anilines is 1. The van der Waals surface area contributed by atoms with E-state index in [1.165, 1.54) is 11.9 Å². The molecule has 3 rings (SSSR count). The zero-order valence-corrected chi connectivity index (χ0v) is 15.8. The Hall–Kier alpha value is -3.00. The molecule has 0 unspecified atom stereocenters. The van der Waals surface area contributed by atoms with Crippen LogP contribution in [-0.2, 0) is 11.3 Å². The molecule has 2 heterocycles. The topological polar surface area (TPSA) is 94.0 Å². The average Bonchev–Trinajstić information content (AvgIpc) is 3.08. The predicted octanol–water partition coefficient (Wildman–Crippen LogP) is 1.93. The Morgan fingerprint density at radius 3 is 2.81 bits per heavy atom. The third-order valence-electron chi connectivity index (χ3n) is 4.41. The molecule has 1 aromatic carbocycles. The lowest BCUT2D eigenvalue weighted by Crippen LogP contribution is -2.27. The summed E-state index contributed by atoms with van der Waals surface area (Å²) in [5, 5.41) is 11.4. The van der Waals surface area contributed by atoms with E-state index in [-0.39, 0.29) is 5.91 Å². The average molecular weight is 368 g/mol. The van der Waals surface area contributed by atoms with Crippen molar-refractivity contribution < 1.29 is 9.53 Å². The van der Waals surface area contributed by atoms with Crippen molar-refractivity contribution in [2.45, 2.75) is 20.4 Å². The van der Waals surface area contributed by atoms with E-state index in [0.29, 0.717) is 31.8 Å². The molecular formula is C19H24N6O2. The van der Waals surface area contributed by atoms with Gasteiger partial charge in [-0.1, -0.05) is 6.07 Å². The fourth-order valence-corrected chi connectivity index (χ4v) is 2.73. The summed E-state index contributed by atoms with van der Waals surface area (Å²) in [6.45, 7) is 6.25. The summed E-state index contributed by atoms with van der Waals surface area (Å²) in [6.07, 6.45) is 3.24. The Bertz CT molecular complexity index is 937. The molecule has 2 aromatic heterocycles. The van der Waals surface area contributed by atoms with E-state index < -0.39 is 0 Å². The van der Waals surface area contributed by atoms with Gasteiger partial charge < -0.3 is 15.4 Å². The number of aryl methyl sites for hydroxylation is 2. The molecule has 0 aliphatic rings. The van der Waals surface area contributed by atoms with Crippen molar-refractivity contribution in [1.29, 1.82) is 0 Å². The number of hydrogen-bond acceptors (Lipinski definition) is 6. The van der Waals surface area contributed by atoms with Crippen molar-refractivity contribution in [2.24, 2.45) is 0 Å². The third-order valence-corrected chi connectivity index (χ3v) is 4.41. The van der Waals surface area contributed by atoms with Gasteiger partial charge in [0.25, 0.3) is 5.91 Å². The monoisotopic (exact) mass is 368 g/mol. The second-order valence-corrected chi connectivity index (χ2v) is 6.30. The number of fused-ring (bicyclic) bond motifs is 1. The molecule has 0 fully saturated rings. The van der Waals surface area contributed by atoms with Crippen LogP contribution >= 0.6 is 0 Å². The van der Waals surface area contributed by atoms with Crippen molar-refractivity contribution in [2.75, 3.05) is 32.1 Å². The Morgan fingerprint density at radius 2 is 2.04 bits per heavy atom. The van der Waals surface area contributed by atoms with E-state index in [2.05, 4.69) is 25.7 Å². The molecule has 0 aliphatic heterocycles. The molecule has 3 aromatic rings. The molecule has 8 nitrogen and oxygen atoms in total. The highest BCUT2D eigenvalue weighted by Crippen LogP contribution is 2.18. The Kier molecular flexibility index (Phi) is 5.97. The van der Waals surface area contributed by atoms with Crippen LogP contribution in [0.25, 0.3) is 11.0 Å². The minimum atomic E-state index is -0.0916. The van der Waals surface area contributed by atoms with Gasteiger partial charge in [-0.05, 0) is 37.1 Å². The van der Waals surface area contributed by atoms with E-state index in [0.717, 1.165) is 22.4 Å². The summed E-state index contributed by atoms with van der Waals surface area (Å²) in [6, 6.07) is 5.70. The highest BCUT2D eigenvalue weighted by Gasteiger charge is 2.10. The molecule has 0 bridgehead atoms. The number of rotatable bonds is 8. The van der Waals surface area contributed by atoms with Crippen molar-refractivity contribution in [3.63, 3.8) is 0 Å². The van der Waals surface area contributed by atoms with Gasteiger partial charge in [0.1, 0.15) is 12.1 Å². The molecule has 27 heavy (non-hydrogen) atoms. The number of ether oxygens (including phenoxy) is 1. The van der Waals surface area contributed by atoms with Crippen molar-refractivity contribution in [1.82, 2.24) is 25.1 Å². The molecule has 0 aliphatic carbocycles. The van der Waals surface area contributed by atoms with Gasteiger partial charge in [0, 0.05) is 25.8 Å². The van der Waals surface area contributed by atoms with Gasteiger partial charge in [0.05, 0.1) is 24.7 Å². The highest BCUT2D eigenvalue weighted by atomic mass is 16.5. The number of nitrogens with one attached hydrogen (secondary N) is 2.